The van der Waals surface area contributed by atoms with E-state index in [1.807, 2.05) is 31.1 Å². The molecular formula is C21H17ClF3NOS. The Morgan fingerprint density at radius 1 is 0.893 bits per heavy atom. The molecule has 0 aliphatic carbocycles. The molecule has 0 saturated heterocycles. The van der Waals surface area contributed by atoms with Gasteiger partial charge in [-0.2, -0.15) is 13.2 Å². The Bertz CT molecular complexity index is 1000. The van der Waals surface area contributed by atoms with Crippen LogP contribution in [0.5, 0.6) is 0 Å². The zero-order valence-corrected chi connectivity index (χ0v) is 16.7. The minimum atomic E-state index is -4.49. The summed E-state index contributed by atoms with van der Waals surface area (Å²) in [6.45, 7) is 0. The minimum absolute atomic E-state index is 0.265. The average molecular weight is 424 g/mol. The highest BCUT2D eigenvalue weighted by Crippen LogP contribution is 2.36. The van der Waals surface area contributed by atoms with Crippen LogP contribution in [-0.4, -0.2) is 18.3 Å². The molecule has 7 heteroatoms. The van der Waals surface area contributed by atoms with Gasteiger partial charge in [0.2, 0.25) is 0 Å². The number of nitrogens with zero attached hydrogens (tertiary/aromatic N) is 1. The largest absolute Gasteiger partial charge is 0.416 e. The maximum atomic E-state index is 13.2. The fourth-order valence-electron chi connectivity index (χ4n) is 2.72. The molecule has 0 aromatic heterocycles. The smallest absolute Gasteiger partial charge is 0.378 e. The Kier molecular flexibility index (Phi) is 5.82. The fraction of sp³-hybridized carbons (Fsp3) is 0.143. The molecule has 2 nitrogen and oxygen atoms in total. The molecule has 0 fully saturated rings. The Morgan fingerprint density at radius 2 is 1.50 bits per heavy atom. The third-order valence-electron chi connectivity index (χ3n) is 4.23. The topological polar surface area (TPSA) is 20.3 Å². The summed E-state index contributed by atoms with van der Waals surface area (Å²) in [4.78, 5) is 2.73. The Labute approximate surface area is 169 Å². The van der Waals surface area contributed by atoms with Gasteiger partial charge >= 0.3 is 6.18 Å². The maximum Gasteiger partial charge on any atom is 0.416 e. The predicted molar refractivity (Wildman–Crippen MR) is 107 cm³/mol. The van der Waals surface area contributed by atoms with Crippen molar-refractivity contribution < 1.29 is 17.4 Å². The summed E-state index contributed by atoms with van der Waals surface area (Å²) in [6, 6.07) is 16.8. The molecule has 1 atom stereocenters. The van der Waals surface area contributed by atoms with Crippen LogP contribution in [-0.2, 0) is 17.0 Å². The Hall–Kier alpha value is -2.31. The summed E-state index contributed by atoms with van der Waals surface area (Å²) >= 11 is 5.90. The van der Waals surface area contributed by atoms with Gasteiger partial charge < -0.3 is 4.90 Å². The molecule has 28 heavy (non-hydrogen) atoms. The van der Waals surface area contributed by atoms with Crippen molar-refractivity contribution >= 4 is 28.1 Å². The number of hydrogen-bond donors (Lipinski definition) is 0. The van der Waals surface area contributed by atoms with E-state index < -0.39 is 22.5 Å². The summed E-state index contributed by atoms with van der Waals surface area (Å²) in [5, 5.41) is 0.470. The first-order valence-electron chi connectivity index (χ1n) is 8.33. The van der Waals surface area contributed by atoms with E-state index in [9.17, 15) is 17.4 Å². The van der Waals surface area contributed by atoms with Gasteiger partial charge in [0.15, 0.2) is 0 Å². The maximum absolute atomic E-state index is 13.2. The standard InChI is InChI=1S/C21H17ClF3NOS/c1-26(2)17-8-10-18(11-9-17)28(27)20-12-5-15(21(23,24)25)13-19(20)14-3-6-16(22)7-4-14/h3-13H,1-2H3. The van der Waals surface area contributed by atoms with Crippen LogP contribution in [0.4, 0.5) is 18.9 Å². The first-order valence-corrected chi connectivity index (χ1v) is 9.86. The highest BCUT2D eigenvalue weighted by Gasteiger charge is 2.31. The number of rotatable bonds is 4. The van der Waals surface area contributed by atoms with Crippen molar-refractivity contribution in [3.05, 3.63) is 77.3 Å². The molecule has 0 bridgehead atoms. The molecular weight excluding hydrogens is 407 g/mol. The molecule has 3 aromatic rings. The van der Waals surface area contributed by atoms with Crippen LogP contribution in [0.1, 0.15) is 5.56 Å². The van der Waals surface area contributed by atoms with Crippen LogP contribution in [0.15, 0.2) is 76.5 Å². The highest BCUT2D eigenvalue weighted by atomic mass is 35.5. The number of hydrogen-bond acceptors (Lipinski definition) is 2. The lowest BCUT2D eigenvalue weighted by atomic mass is 10.0. The molecule has 0 heterocycles. The van der Waals surface area contributed by atoms with Gasteiger partial charge in [-0.1, -0.05) is 23.7 Å². The summed E-state index contributed by atoms with van der Waals surface area (Å²) in [6.07, 6.45) is -4.49. The lowest BCUT2D eigenvalue weighted by molar-refractivity contribution is -0.137. The Morgan fingerprint density at radius 3 is 2.04 bits per heavy atom. The van der Waals surface area contributed by atoms with E-state index in [0.717, 1.165) is 17.8 Å². The summed E-state index contributed by atoms with van der Waals surface area (Å²) in [7, 11) is 2.14. The molecule has 1 unspecified atom stereocenters. The second-order valence-corrected chi connectivity index (χ2v) is 8.26. The van der Waals surface area contributed by atoms with E-state index in [2.05, 4.69) is 0 Å². The summed E-state index contributed by atoms with van der Waals surface area (Å²) in [5.74, 6) is 0. The zero-order chi connectivity index (χ0) is 20.5. The molecule has 0 N–H and O–H groups in total. The number of alkyl halides is 3. The van der Waals surface area contributed by atoms with Crippen LogP contribution in [0.2, 0.25) is 5.02 Å². The van der Waals surface area contributed by atoms with E-state index in [-0.39, 0.29) is 5.56 Å². The van der Waals surface area contributed by atoms with Crippen LogP contribution in [0, 0.1) is 0 Å². The normalized spacial score (nSPS) is 12.6. The molecule has 0 saturated carbocycles. The van der Waals surface area contributed by atoms with E-state index in [1.54, 1.807) is 36.4 Å². The van der Waals surface area contributed by atoms with Crippen molar-refractivity contribution in [2.75, 3.05) is 19.0 Å². The van der Waals surface area contributed by atoms with Crippen molar-refractivity contribution in [2.24, 2.45) is 0 Å². The predicted octanol–water partition coefficient (Wildman–Crippen LogP) is 6.26. The molecule has 0 spiro atoms. The van der Waals surface area contributed by atoms with Crippen molar-refractivity contribution in [3.63, 3.8) is 0 Å². The number of benzene rings is 3. The first kappa shape index (κ1) is 20.4. The lowest BCUT2D eigenvalue weighted by Crippen LogP contribution is -2.08. The monoisotopic (exact) mass is 423 g/mol. The molecule has 146 valence electrons. The van der Waals surface area contributed by atoms with Crippen LogP contribution >= 0.6 is 11.6 Å². The van der Waals surface area contributed by atoms with Crippen molar-refractivity contribution in [1.29, 1.82) is 0 Å². The van der Waals surface area contributed by atoms with E-state index in [1.165, 1.54) is 6.07 Å². The van der Waals surface area contributed by atoms with Crippen molar-refractivity contribution in [1.82, 2.24) is 0 Å². The van der Waals surface area contributed by atoms with E-state index >= 15 is 0 Å². The number of anilines is 1. The van der Waals surface area contributed by atoms with Crippen LogP contribution < -0.4 is 4.90 Å². The van der Waals surface area contributed by atoms with Crippen LogP contribution in [0.3, 0.4) is 0 Å². The fourth-order valence-corrected chi connectivity index (χ4v) is 4.05. The lowest BCUT2D eigenvalue weighted by Gasteiger charge is -2.15. The van der Waals surface area contributed by atoms with Gasteiger partial charge in [0.05, 0.1) is 21.3 Å². The zero-order valence-electron chi connectivity index (χ0n) is 15.1. The van der Waals surface area contributed by atoms with Crippen molar-refractivity contribution in [3.8, 4) is 11.1 Å². The van der Waals surface area contributed by atoms with Crippen LogP contribution in [0.25, 0.3) is 11.1 Å². The quantitative estimate of drug-likeness (QED) is 0.493. The Balaban J connectivity index is 2.11. The molecule has 3 rings (SSSR count). The van der Waals surface area contributed by atoms with Gasteiger partial charge in [-0.3, -0.25) is 0 Å². The second kappa shape index (κ2) is 7.97. The average Bonchev–Trinajstić information content (AvgIpc) is 2.67. The van der Waals surface area contributed by atoms with Gasteiger partial charge in [0, 0.05) is 29.7 Å². The highest BCUT2D eigenvalue weighted by molar-refractivity contribution is 7.85. The molecule has 0 amide bonds. The van der Waals surface area contributed by atoms with Gasteiger partial charge in [-0.25, -0.2) is 4.21 Å². The van der Waals surface area contributed by atoms with Gasteiger partial charge in [0.1, 0.15) is 0 Å². The van der Waals surface area contributed by atoms with E-state index in [4.69, 9.17) is 11.6 Å². The van der Waals surface area contributed by atoms with Gasteiger partial charge in [0.25, 0.3) is 0 Å². The molecule has 0 radical (unpaired) electrons. The van der Waals surface area contributed by atoms with Gasteiger partial charge in [-0.15, -0.1) is 0 Å². The number of halogens is 4. The molecule has 3 aromatic carbocycles. The second-order valence-electron chi connectivity index (χ2n) is 6.37. The third-order valence-corrected chi connectivity index (χ3v) is 5.94. The molecule has 0 aliphatic heterocycles. The van der Waals surface area contributed by atoms with Crippen molar-refractivity contribution in [2.45, 2.75) is 16.0 Å². The SMILES string of the molecule is CN(C)c1ccc(S(=O)c2ccc(C(F)(F)F)cc2-c2ccc(Cl)cc2)cc1. The molecule has 0 aliphatic rings. The third kappa shape index (κ3) is 4.39. The van der Waals surface area contributed by atoms with Gasteiger partial charge in [-0.05, 0) is 65.7 Å². The van der Waals surface area contributed by atoms with E-state index in [0.29, 0.717) is 20.4 Å². The first-order chi connectivity index (χ1) is 13.2. The minimum Gasteiger partial charge on any atom is -0.378 e. The summed E-state index contributed by atoms with van der Waals surface area (Å²) in [5.41, 5.74) is 0.928. The summed E-state index contributed by atoms with van der Waals surface area (Å²) < 4.78 is 52.8.